The quantitative estimate of drug-likeness (QED) is 0.511. The number of allylic oxidation sites excluding steroid dienone is 1. The number of benzene rings is 2. The first-order valence-corrected chi connectivity index (χ1v) is 12.7. The number of sulfone groups is 1. The van der Waals surface area contributed by atoms with Crippen molar-refractivity contribution in [2.45, 2.75) is 57.2 Å². The van der Waals surface area contributed by atoms with Gasteiger partial charge in [0.2, 0.25) is 0 Å². The zero-order valence-electron chi connectivity index (χ0n) is 18.0. The molecule has 0 spiro atoms. The molecule has 2 aliphatic rings. The average Bonchev–Trinajstić information content (AvgIpc) is 2.98. The van der Waals surface area contributed by atoms with Crippen LogP contribution in [0.3, 0.4) is 0 Å². The van der Waals surface area contributed by atoms with Crippen LogP contribution in [0.1, 0.15) is 45.1 Å². The molecule has 0 unspecified atom stereocenters. The molecule has 0 radical (unpaired) electrons. The molecule has 1 saturated heterocycles. The third kappa shape index (κ3) is 4.45. The highest BCUT2D eigenvalue weighted by atomic mass is 32.2. The fraction of sp³-hybridized carbons (Fsp3) is 0.417. The van der Waals surface area contributed by atoms with E-state index in [1.165, 1.54) is 0 Å². The van der Waals surface area contributed by atoms with Gasteiger partial charge in [-0.05, 0) is 48.8 Å². The summed E-state index contributed by atoms with van der Waals surface area (Å²) in [4.78, 5) is 0. The molecule has 0 bridgehead atoms. The van der Waals surface area contributed by atoms with Crippen molar-refractivity contribution < 1.29 is 23.2 Å². The van der Waals surface area contributed by atoms with Gasteiger partial charge < -0.3 is 14.8 Å². The molecule has 7 heteroatoms. The van der Waals surface area contributed by atoms with Crippen LogP contribution in [0.5, 0.6) is 5.75 Å². The van der Waals surface area contributed by atoms with Gasteiger partial charge in [-0.3, -0.25) is 0 Å². The summed E-state index contributed by atoms with van der Waals surface area (Å²) >= 11 is 0. The van der Waals surface area contributed by atoms with Gasteiger partial charge >= 0.3 is 7.12 Å². The molecular weight excluding hydrogens is 411 g/mol. The Morgan fingerprint density at radius 3 is 2.71 bits per heavy atom. The van der Waals surface area contributed by atoms with Crippen LogP contribution < -0.4 is 0 Å². The number of hydrogen-bond acceptors (Lipinski definition) is 5. The Morgan fingerprint density at radius 2 is 1.97 bits per heavy atom. The second kappa shape index (κ2) is 8.81. The Kier molecular flexibility index (Phi) is 6.29. The van der Waals surface area contributed by atoms with E-state index in [9.17, 15) is 18.5 Å². The van der Waals surface area contributed by atoms with Gasteiger partial charge in [-0.15, -0.1) is 0 Å². The van der Waals surface area contributed by atoms with Crippen molar-refractivity contribution in [3.8, 4) is 5.75 Å². The molecule has 2 aromatic carbocycles. The molecule has 0 aromatic heterocycles. The van der Waals surface area contributed by atoms with Crippen LogP contribution in [-0.4, -0.2) is 42.8 Å². The number of fused-ring (bicyclic) bond motifs is 2. The van der Waals surface area contributed by atoms with Crippen LogP contribution in [0.2, 0.25) is 6.32 Å². The van der Waals surface area contributed by atoms with Crippen molar-refractivity contribution in [2.75, 3.05) is 5.75 Å². The standard InChI is InChI=1S/C24H29BO5S/c1-3-6-18-15-31(28,29)23-14-25(27)30-22(24(18)23)12-9-16(2)13-17-10-11-21(26)20-8-5-4-7-19(17)20/h4-5,7-8,10-11,13,22-23,26-27H,3,6,9,12,14-15H2,1-2H3/b16-13+/t22-,23+/m1/s1. The number of hydrogen-bond donors (Lipinski definition) is 2. The van der Waals surface area contributed by atoms with E-state index in [2.05, 4.69) is 13.0 Å². The molecule has 0 saturated carbocycles. The Morgan fingerprint density at radius 1 is 1.23 bits per heavy atom. The Balaban J connectivity index is 1.57. The summed E-state index contributed by atoms with van der Waals surface area (Å²) in [5.41, 5.74) is 4.04. The molecule has 1 fully saturated rings. The highest BCUT2D eigenvalue weighted by Gasteiger charge is 2.48. The SMILES string of the molecule is CCCC1=C2[C@@H](CC/C(C)=C/c3ccc(O)c4ccccc34)OB(O)C[C@@H]2S(=O)(=O)C1. The number of rotatable bonds is 6. The number of aromatic hydroxyl groups is 1. The first kappa shape index (κ1) is 22.1. The zero-order valence-corrected chi connectivity index (χ0v) is 18.9. The molecule has 2 aliphatic heterocycles. The van der Waals surface area contributed by atoms with Crippen molar-refractivity contribution in [1.29, 1.82) is 0 Å². The Hall–Kier alpha value is -2.09. The fourth-order valence-electron chi connectivity index (χ4n) is 4.93. The predicted molar refractivity (Wildman–Crippen MR) is 126 cm³/mol. The minimum absolute atomic E-state index is 0.0989. The highest BCUT2D eigenvalue weighted by molar-refractivity contribution is 7.92. The molecule has 2 N–H and O–H groups in total. The van der Waals surface area contributed by atoms with Gasteiger partial charge in [-0.2, -0.15) is 0 Å². The average molecular weight is 440 g/mol. The lowest BCUT2D eigenvalue weighted by Crippen LogP contribution is -2.41. The smallest absolute Gasteiger partial charge is 0.456 e. The molecule has 31 heavy (non-hydrogen) atoms. The maximum absolute atomic E-state index is 12.7. The predicted octanol–water partition coefficient (Wildman–Crippen LogP) is 4.50. The Bertz CT molecular complexity index is 1150. The Labute approximate surface area is 184 Å². The lowest BCUT2D eigenvalue weighted by Gasteiger charge is -2.32. The minimum Gasteiger partial charge on any atom is -0.507 e. The molecule has 4 rings (SSSR count). The van der Waals surface area contributed by atoms with E-state index < -0.39 is 22.2 Å². The van der Waals surface area contributed by atoms with Gasteiger partial charge in [-0.25, -0.2) is 8.42 Å². The van der Waals surface area contributed by atoms with Crippen LogP contribution >= 0.6 is 0 Å². The van der Waals surface area contributed by atoms with E-state index in [0.29, 0.717) is 6.42 Å². The van der Waals surface area contributed by atoms with Crippen LogP contribution in [0, 0.1) is 0 Å². The lowest BCUT2D eigenvalue weighted by molar-refractivity contribution is 0.169. The molecule has 2 aromatic rings. The summed E-state index contributed by atoms with van der Waals surface area (Å²) < 4.78 is 31.2. The van der Waals surface area contributed by atoms with E-state index >= 15 is 0 Å². The molecule has 0 aliphatic carbocycles. The van der Waals surface area contributed by atoms with Crippen LogP contribution in [0.25, 0.3) is 16.8 Å². The van der Waals surface area contributed by atoms with E-state index in [1.54, 1.807) is 6.07 Å². The van der Waals surface area contributed by atoms with Gasteiger partial charge in [-0.1, -0.05) is 60.9 Å². The van der Waals surface area contributed by atoms with Gasteiger partial charge in [0.1, 0.15) is 5.75 Å². The third-order valence-electron chi connectivity index (χ3n) is 6.34. The second-order valence-corrected chi connectivity index (χ2v) is 10.9. The van der Waals surface area contributed by atoms with E-state index in [-0.39, 0.29) is 23.9 Å². The lowest BCUT2D eigenvalue weighted by atomic mass is 9.74. The first-order chi connectivity index (χ1) is 14.8. The highest BCUT2D eigenvalue weighted by Crippen LogP contribution is 2.41. The van der Waals surface area contributed by atoms with Crippen molar-refractivity contribution in [3.05, 3.63) is 58.7 Å². The largest absolute Gasteiger partial charge is 0.507 e. The summed E-state index contributed by atoms with van der Waals surface area (Å²) in [6.45, 7) is 4.10. The second-order valence-electron chi connectivity index (χ2n) is 8.67. The van der Waals surface area contributed by atoms with Gasteiger partial charge in [0.25, 0.3) is 0 Å². The van der Waals surface area contributed by atoms with E-state index in [1.807, 2.05) is 37.3 Å². The molecule has 0 amide bonds. The molecule has 2 heterocycles. The van der Waals surface area contributed by atoms with Gasteiger partial charge in [0.05, 0.1) is 17.1 Å². The zero-order chi connectivity index (χ0) is 22.2. The summed E-state index contributed by atoms with van der Waals surface area (Å²) in [5, 5.41) is 21.5. The summed E-state index contributed by atoms with van der Waals surface area (Å²) in [6.07, 6.45) is 4.87. The fourth-order valence-corrected chi connectivity index (χ4v) is 7.09. The molecular formula is C24H29BO5S. The third-order valence-corrected chi connectivity index (χ3v) is 8.40. The summed E-state index contributed by atoms with van der Waals surface area (Å²) in [5.74, 6) is 0.362. The van der Waals surface area contributed by atoms with Gasteiger partial charge in [0, 0.05) is 11.7 Å². The maximum atomic E-state index is 12.7. The van der Waals surface area contributed by atoms with Crippen LogP contribution in [0.15, 0.2) is 53.1 Å². The molecule has 164 valence electrons. The molecule has 2 atom stereocenters. The normalized spacial score (nSPS) is 23.5. The van der Waals surface area contributed by atoms with Crippen molar-refractivity contribution in [3.63, 3.8) is 0 Å². The van der Waals surface area contributed by atoms with Gasteiger partial charge in [0.15, 0.2) is 9.84 Å². The van der Waals surface area contributed by atoms with E-state index in [0.717, 1.165) is 52.3 Å². The van der Waals surface area contributed by atoms with Crippen molar-refractivity contribution in [1.82, 2.24) is 0 Å². The summed E-state index contributed by atoms with van der Waals surface area (Å²) in [7, 11) is -4.29. The number of phenols is 1. The van der Waals surface area contributed by atoms with Crippen LogP contribution in [0.4, 0.5) is 0 Å². The summed E-state index contributed by atoms with van der Waals surface area (Å²) in [6, 6.07) is 11.4. The van der Waals surface area contributed by atoms with Crippen LogP contribution in [-0.2, 0) is 14.5 Å². The number of phenolic OH excluding ortho intramolecular Hbond substituents is 1. The van der Waals surface area contributed by atoms with Crippen molar-refractivity contribution >= 4 is 33.8 Å². The maximum Gasteiger partial charge on any atom is 0.456 e. The monoisotopic (exact) mass is 440 g/mol. The van der Waals surface area contributed by atoms with E-state index in [4.69, 9.17) is 4.65 Å². The molecule has 5 nitrogen and oxygen atoms in total. The topological polar surface area (TPSA) is 83.8 Å². The first-order valence-electron chi connectivity index (χ1n) is 10.9. The minimum atomic E-state index is -3.25. The van der Waals surface area contributed by atoms with Crippen molar-refractivity contribution in [2.24, 2.45) is 0 Å².